The molecule has 14 heavy (non-hydrogen) atoms. The molecule has 1 rings (SSSR count). The van der Waals surface area contributed by atoms with Gasteiger partial charge in [-0.05, 0) is 24.8 Å². The molecule has 0 bridgehead atoms. The third-order valence-electron chi connectivity index (χ3n) is 1.22. The van der Waals surface area contributed by atoms with E-state index in [-0.39, 0.29) is 11.8 Å². The topological polar surface area (TPSA) is 52.1 Å². The van der Waals surface area contributed by atoms with Gasteiger partial charge < -0.3 is 4.74 Å². The zero-order valence-electron chi connectivity index (χ0n) is 7.51. The van der Waals surface area contributed by atoms with Crippen molar-refractivity contribution in [2.45, 2.75) is 17.6 Å². The number of hydrogen-bond donors (Lipinski definition) is 0. The van der Waals surface area contributed by atoms with Gasteiger partial charge in [0.05, 0.1) is 6.61 Å². The van der Waals surface area contributed by atoms with Gasteiger partial charge in [0.1, 0.15) is 0 Å². The maximum atomic E-state index is 13.1. The third kappa shape index (κ3) is 3.29. The minimum absolute atomic E-state index is 0.162. The molecule has 1 aromatic rings. The number of thioether (sulfide) groups is 1. The summed E-state index contributed by atoms with van der Waals surface area (Å²) in [6, 6.07) is 1.61. The fourth-order valence-electron chi connectivity index (χ4n) is 0.695. The molecule has 0 aromatic carbocycles. The summed E-state index contributed by atoms with van der Waals surface area (Å²) in [5, 5.41) is 0.216. The van der Waals surface area contributed by atoms with Crippen LogP contribution in [0.4, 0.5) is 4.39 Å². The Hall–Kier alpha value is -1.17. The number of aromatic nitrogens is 2. The predicted octanol–water partition coefficient (Wildman–Crippen LogP) is 1.43. The fraction of sp³-hybridized carbons (Fsp3) is 0.375. The van der Waals surface area contributed by atoms with Crippen LogP contribution in [0.15, 0.2) is 23.6 Å². The second kappa shape index (κ2) is 5.54. The lowest BCUT2D eigenvalue weighted by Crippen LogP contribution is -2.15. The normalized spacial score (nSPS) is 12.1. The summed E-state index contributed by atoms with van der Waals surface area (Å²) in [4.78, 5) is 18.4. The zero-order chi connectivity index (χ0) is 10.4. The molecule has 0 saturated carbocycles. The SMILES string of the molecule is CCOC(=O)C(F)Sc1ncccn1. The first-order valence-electron chi connectivity index (χ1n) is 3.98. The molecule has 76 valence electrons. The molecule has 0 amide bonds. The zero-order valence-corrected chi connectivity index (χ0v) is 8.33. The third-order valence-corrected chi connectivity index (χ3v) is 2.04. The lowest BCUT2D eigenvalue weighted by molar-refractivity contribution is -0.145. The van der Waals surface area contributed by atoms with Crippen LogP contribution in [-0.4, -0.2) is 28.0 Å². The van der Waals surface area contributed by atoms with Crippen LogP contribution in [0, 0.1) is 0 Å². The van der Waals surface area contributed by atoms with Crippen molar-refractivity contribution in [1.29, 1.82) is 0 Å². The second-order valence-corrected chi connectivity index (χ2v) is 3.23. The molecule has 1 atom stereocenters. The molecule has 4 nitrogen and oxygen atoms in total. The number of alkyl halides is 1. The largest absolute Gasteiger partial charge is 0.463 e. The van der Waals surface area contributed by atoms with E-state index in [2.05, 4.69) is 14.7 Å². The Kier molecular flexibility index (Phi) is 4.31. The molecular formula is C8H9FN2O2S. The highest BCUT2D eigenvalue weighted by molar-refractivity contribution is 8.00. The van der Waals surface area contributed by atoms with Gasteiger partial charge in [0.2, 0.25) is 5.50 Å². The van der Waals surface area contributed by atoms with Crippen molar-refractivity contribution in [1.82, 2.24) is 9.97 Å². The Morgan fingerprint density at radius 1 is 1.64 bits per heavy atom. The first-order valence-corrected chi connectivity index (χ1v) is 4.86. The first-order chi connectivity index (χ1) is 6.74. The minimum atomic E-state index is -1.77. The van der Waals surface area contributed by atoms with Gasteiger partial charge in [0.15, 0.2) is 5.16 Å². The molecule has 1 aromatic heterocycles. The molecule has 0 saturated heterocycles. The number of ether oxygens (including phenoxy) is 1. The summed E-state index contributed by atoms with van der Waals surface area (Å²) in [5.41, 5.74) is -1.77. The Labute approximate surface area is 84.9 Å². The van der Waals surface area contributed by atoms with Crippen LogP contribution in [-0.2, 0) is 9.53 Å². The first kappa shape index (κ1) is 10.9. The summed E-state index contributed by atoms with van der Waals surface area (Å²) in [6.45, 7) is 1.78. The van der Waals surface area contributed by atoms with E-state index in [4.69, 9.17) is 0 Å². The van der Waals surface area contributed by atoms with Crippen molar-refractivity contribution >= 4 is 17.7 Å². The monoisotopic (exact) mass is 216 g/mol. The summed E-state index contributed by atoms with van der Waals surface area (Å²) in [7, 11) is 0. The maximum Gasteiger partial charge on any atom is 0.351 e. The number of esters is 1. The highest BCUT2D eigenvalue weighted by Crippen LogP contribution is 2.20. The lowest BCUT2D eigenvalue weighted by atomic mass is 10.7. The number of halogens is 1. The maximum absolute atomic E-state index is 13.1. The molecule has 0 aliphatic carbocycles. The average Bonchev–Trinajstić information content (AvgIpc) is 2.19. The van der Waals surface area contributed by atoms with Crippen molar-refractivity contribution < 1.29 is 13.9 Å². The summed E-state index contributed by atoms with van der Waals surface area (Å²) >= 11 is 0.628. The van der Waals surface area contributed by atoms with E-state index in [0.717, 1.165) is 0 Å². The van der Waals surface area contributed by atoms with E-state index in [1.54, 1.807) is 13.0 Å². The van der Waals surface area contributed by atoms with Crippen LogP contribution in [0.5, 0.6) is 0 Å². The number of carbonyl (C=O) groups excluding carboxylic acids is 1. The van der Waals surface area contributed by atoms with Crippen LogP contribution >= 0.6 is 11.8 Å². The van der Waals surface area contributed by atoms with Crippen molar-refractivity contribution in [2.24, 2.45) is 0 Å². The molecule has 6 heteroatoms. The smallest absolute Gasteiger partial charge is 0.351 e. The molecular weight excluding hydrogens is 207 g/mol. The van der Waals surface area contributed by atoms with E-state index in [0.29, 0.717) is 11.8 Å². The average molecular weight is 216 g/mol. The van der Waals surface area contributed by atoms with Crippen LogP contribution < -0.4 is 0 Å². The van der Waals surface area contributed by atoms with Crippen molar-refractivity contribution in [3.05, 3.63) is 18.5 Å². The van der Waals surface area contributed by atoms with Crippen LogP contribution in [0.3, 0.4) is 0 Å². The number of nitrogens with zero attached hydrogens (tertiary/aromatic N) is 2. The number of carbonyl (C=O) groups is 1. The van der Waals surface area contributed by atoms with Gasteiger partial charge in [-0.15, -0.1) is 0 Å². The summed E-state index contributed by atoms with van der Waals surface area (Å²) < 4.78 is 17.6. The molecule has 1 heterocycles. The van der Waals surface area contributed by atoms with Crippen LogP contribution in [0.1, 0.15) is 6.92 Å². The van der Waals surface area contributed by atoms with Gasteiger partial charge in [-0.25, -0.2) is 19.2 Å². The van der Waals surface area contributed by atoms with Crippen molar-refractivity contribution in [3.8, 4) is 0 Å². The van der Waals surface area contributed by atoms with Crippen molar-refractivity contribution in [2.75, 3.05) is 6.61 Å². The molecule has 0 N–H and O–H groups in total. The van der Waals surface area contributed by atoms with Gasteiger partial charge in [-0.2, -0.15) is 0 Å². The van der Waals surface area contributed by atoms with Gasteiger partial charge in [0, 0.05) is 12.4 Å². The number of rotatable bonds is 4. The molecule has 0 fully saturated rings. The Morgan fingerprint density at radius 2 is 2.29 bits per heavy atom. The predicted molar refractivity (Wildman–Crippen MR) is 49.4 cm³/mol. The van der Waals surface area contributed by atoms with Crippen molar-refractivity contribution in [3.63, 3.8) is 0 Å². The van der Waals surface area contributed by atoms with Gasteiger partial charge >= 0.3 is 5.97 Å². The highest BCUT2D eigenvalue weighted by Gasteiger charge is 2.20. The molecule has 0 aliphatic rings. The Balaban J connectivity index is 2.49. The van der Waals surface area contributed by atoms with E-state index in [1.165, 1.54) is 12.4 Å². The van der Waals surface area contributed by atoms with Crippen LogP contribution in [0.2, 0.25) is 0 Å². The molecule has 1 unspecified atom stereocenters. The van der Waals surface area contributed by atoms with E-state index in [1.807, 2.05) is 0 Å². The van der Waals surface area contributed by atoms with Gasteiger partial charge in [-0.1, -0.05) is 0 Å². The lowest BCUT2D eigenvalue weighted by Gasteiger charge is -2.04. The molecule has 0 aliphatic heterocycles. The second-order valence-electron chi connectivity index (χ2n) is 2.22. The number of hydrogen-bond acceptors (Lipinski definition) is 5. The Morgan fingerprint density at radius 3 is 2.86 bits per heavy atom. The Bertz CT molecular complexity index is 297. The molecule has 0 spiro atoms. The summed E-state index contributed by atoms with van der Waals surface area (Å²) in [6.07, 6.45) is 2.96. The van der Waals surface area contributed by atoms with Gasteiger partial charge in [-0.3, -0.25) is 0 Å². The van der Waals surface area contributed by atoms with E-state index >= 15 is 0 Å². The van der Waals surface area contributed by atoms with E-state index in [9.17, 15) is 9.18 Å². The minimum Gasteiger partial charge on any atom is -0.463 e. The summed E-state index contributed by atoms with van der Waals surface area (Å²) in [5.74, 6) is -0.898. The standard InChI is InChI=1S/C8H9FN2O2S/c1-2-13-7(12)6(9)14-8-10-4-3-5-11-8/h3-6H,2H2,1H3. The van der Waals surface area contributed by atoms with Crippen LogP contribution in [0.25, 0.3) is 0 Å². The van der Waals surface area contributed by atoms with Gasteiger partial charge in [0.25, 0.3) is 0 Å². The fourth-order valence-corrected chi connectivity index (χ4v) is 1.29. The molecule has 0 radical (unpaired) electrons. The quantitative estimate of drug-likeness (QED) is 0.433. The van der Waals surface area contributed by atoms with E-state index < -0.39 is 11.5 Å². The highest BCUT2D eigenvalue weighted by atomic mass is 32.2.